The van der Waals surface area contributed by atoms with E-state index in [9.17, 15) is 9.18 Å². The highest BCUT2D eigenvalue weighted by atomic mass is 19.1. The first kappa shape index (κ1) is 13.9. The first-order valence-electron chi connectivity index (χ1n) is 6.31. The number of hydrogen-bond donors (Lipinski definition) is 1. The summed E-state index contributed by atoms with van der Waals surface area (Å²) in [5.41, 5.74) is 5.97. The minimum Gasteiger partial charge on any atom is -0.381 e. The quantitative estimate of drug-likeness (QED) is 0.879. The summed E-state index contributed by atoms with van der Waals surface area (Å²) in [6.45, 7) is 0.963. The number of ether oxygens (including phenoxy) is 1. The second-order valence-electron chi connectivity index (χ2n) is 4.63. The maximum Gasteiger partial charge on any atom is 0.272 e. The van der Waals surface area contributed by atoms with Crippen LogP contribution in [0, 0.1) is 5.82 Å². The summed E-state index contributed by atoms with van der Waals surface area (Å²) in [4.78, 5) is 17.8. The SMILES string of the molecule is COC1CCN(C(=O)c2ccc(F)cn2)C(CN)C1. The van der Waals surface area contributed by atoms with Crippen LogP contribution >= 0.6 is 0 Å². The van der Waals surface area contributed by atoms with E-state index < -0.39 is 5.82 Å². The van der Waals surface area contributed by atoms with Crippen LogP contribution in [0.25, 0.3) is 0 Å². The zero-order chi connectivity index (χ0) is 13.8. The standard InChI is InChI=1S/C13H18FN3O2/c1-19-11-4-5-17(10(6-11)7-15)13(18)12-3-2-9(14)8-16-12/h2-3,8,10-11H,4-7,15H2,1H3. The van der Waals surface area contributed by atoms with Gasteiger partial charge in [-0.05, 0) is 25.0 Å². The molecule has 0 radical (unpaired) electrons. The highest BCUT2D eigenvalue weighted by Gasteiger charge is 2.31. The van der Waals surface area contributed by atoms with Gasteiger partial charge in [0.2, 0.25) is 0 Å². The molecule has 1 fully saturated rings. The number of piperidine rings is 1. The Morgan fingerprint density at radius 1 is 1.63 bits per heavy atom. The van der Waals surface area contributed by atoms with Crippen molar-refractivity contribution in [2.75, 3.05) is 20.2 Å². The van der Waals surface area contributed by atoms with Crippen molar-refractivity contribution in [3.8, 4) is 0 Å². The number of aromatic nitrogens is 1. The molecule has 2 atom stereocenters. The van der Waals surface area contributed by atoms with Gasteiger partial charge in [0.15, 0.2) is 0 Å². The van der Waals surface area contributed by atoms with Crippen LogP contribution < -0.4 is 5.73 Å². The number of pyridine rings is 1. The van der Waals surface area contributed by atoms with E-state index >= 15 is 0 Å². The first-order valence-corrected chi connectivity index (χ1v) is 6.31. The molecule has 1 aliphatic heterocycles. The molecular weight excluding hydrogens is 249 g/mol. The summed E-state index contributed by atoms with van der Waals surface area (Å²) >= 11 is 0. The molecule has 2 rings (SSSR count). The molecule has 2 unspecified atom stereocenters. The molecule has 1 aromatic rings. The van der Waals surface area contributed by atoms with Gasteiger partial charge >= 0.3 is 0 Å². The lowest BCUT2D eigenvalue weighted by atomic mass is 9.99. The highest BCUT2D eigenvalue weighted by Crippen LogP contribution is 2.20. The first-order chi connectivity index (χ1) is 9.15. The van der Waals surface area contributed by atoms with Gasteiger partial charge in [0.1, 0.15) is 11.5 Å². The highest BCUT2D eigenvalue weighted by molar-refractivity contribution is 5.92. The lowest BCUT2D eigenvalue weighted by molar-refractivity contribution is 0.0136. The van der Waals surface area contributed by atoms with Gasteiger partial charge in [0, 0.05) is 26.2 Å². The van der Waals surface area contributed by atoms with E-state index in [1.165, 1.54) is 12.1 Å². The van der Waals surface area contributed by atoms with Crippen LogP contribution in [-0.4, -0.2) is 48.1 Å². The fourth-order valence-electron chi connectivity index (χ4n) is 2.37. The van der Waals surface area contributed by atoms with Crippen LogP contribution in [0.4, 0.5) is 4.39 Å². The third kappa shape index (κ3) is 3.08. The Bertz CT molecular complexity index is 438. The lowest BCUT2D eigenvalue weighted by Crippen LogP contribution is -2.51. The molecule has 0 spiro atoms. The number of nitrogens with zero attached hydrogens (tertiary/aromatic N) is 2. The largest absolute Gasteiger partial charge is 0.381 e. The molecule has 0 aromatic carbocycles. The molecule has 1 aliphatic rings. The minimum absolute atomic E-state index is 0.0574. The van der Waals surface area contributed by atoms with Gasteiger partial charge in [0.25, 0.3) is 5.91 Å². The van der Waals surface area contributed by atoms with E-state index in [0.29, 0.717) is 13.1 Å². The van der Waals surface area contributed by atoms with Crippen molar-refractivity contribution in [3.05, 3.63) is 29.8 Å². The topological polar surface area (TPSA) is 68.5 Å². The van der Waals surface area contributed by atoms with Crippen LogP contribution in [0.15, 0.2) is 18.3 Å². The smallest absolute Gasteiger partial charge is 0.272 e. The molecule has 2 heterocycles. The molecular formula is C13H18FN3O2. The van der Waals surface area contributed by atoms with Crippen LogP contribution in [0.2, 0.25) is 0 Å². The predicted octanol–water partition coefficient (Wildman–Crippen LogP) is 0.799. The van der Waals surface area contributed by atoms with Crippen molar-refractivity contribution in [2.24, 2.45) is 5.73 Å². The third-order valence-electron chi connectivity index (χ3n) is 3.48. The normalized spacial score (nSPS) is 23.4. The molecule has 1 amide bonds. The molecule has 2 N–H and O–H groups in total. The number of amides is 1. The van der Waals surface area contributed by atoms with Crippen molar-refractivity contribution in [2.45, 2.75) is 25.0 Å². The second-order valence-corrected chi connectivity index (χ2v) is 4.63. The van der Waals surface area contributed by atoms with E-state index in [1.807, 2.05) is 0 Å². The molecule has 0 saturated carbocycles. The van der Waals surface area contributed by atoms with E-state index in [2.05, 4.69) is 4.98 Å². The van der Waals surface area contributed by atoms with Crippen molar-refractivity contribution < 1.29 is 13.9 Å². The Labute approximate surface area is 111 Å². The van der Waals surface area contributed by atoms with Gasteiger partial charge in [-0.3, -0.25) is 4.79 Å². The molecule has 0 bridgehead atoms. The number of carbonyl (C=O) groups excluding carboxylic acids is 1. The number of rotatable bonds is 3. The molecule has 0 aliphatic carbocycles. The Hall–Kier alpha value is -1.53. The van der Waals surface area contributed by atoms with Crippen LogP contribution in [0.1, 0.15) is 23.3 Å². The summed E-state index contributed by atoms with van der Waals surface area (Å²) in [5, 5.41) is 0. The van der Waals surface area contributed by atoms with Crippen molar-refractivity contribution in [1.29, 1.82) is 0 Å². The van der Waals surface area contributed by atoms with Crippen molar-refractivity contribution in [3.63, 3.8) is 0 Å². The van der Waals surface area contributed by atoms with E-state index in [1.54, 1.807) is 12.0 Å². The van der Waals surface area contributed by atoms with Gasteiger partial charge in [-0.15, -0.1) is 0 Å². The Morgan fingerprint density at radius 2 is 2.42 bits per heavy atom. The molecule has 6 heteroatoms. The maximum atomic E-state index is 12.8. The number of halogens is 1. The van der Waals surface area contributed by atoms with Crippen LogP contribution in [0.5, 0.6) is 0 Å². The number of carbonyl (C=O) groups is 1. The number of methoxy groups -OCH3 is 1. The maximum absolute atomic E-state index is 12.8. The number of nitrogens with two attached hydrogens (primary N) is 1. The number of hydrogen-bond acceptors (Lipinski definition) is 4. The zero-order valence-electron chi connectivity index (χ0n) is 10.9. The Balaban J connectivity index is 2.11. The minimum atomic E-state index is -0.454. The molecule has 1 saturated heterocycles. The van der Waals surface area contributed by atoms with E-state index in [0.717, 1.165) is 19.0 Å². The summed E-state index contributed by atoms with van der Waals surface area (Å²) in [7, 11) is 1.66. The van der Waals surface area contributed by atoms with Gasteiger partial charge in [-0.2, -0.15) is 0 Å². The fraction of sp³-hybridized carbons (Fsp3) is 0.538. The van der Waals surface area contributed by atoms with E-state index in [4.69, 9.17) is 10.5 Å². The van der Waals surface area contributed by atoms with Gasteiger partial charge in [-0.25, -0.2) is 9.37 Å². The Kier molecular flexibility index (Phi) is 4.44. The fourth-order valence-corrected chi connectivity index (χ4v) is 2.37. The Morgan fingerprint density at radius 3 is 3.00 bits per heavy atom. The summed E-state index contributed by atoms with van der Waals surface area (Å²) in [5.74, 6) is -0.657. The van der Waals surface area contributed by atoms with Gasteiger partial charge in [-0.1, -0.05) is 0 Å². The molecule has 19 heavy (non-hydrogen) atoms. The van der Waals surface area contributed by atoms with E-state index in [-0.39, 0.29) is 23.7 Å². The second kappa shape index (κ2) is 6.08. The number of likely N-dealkylation sites (tertiary alicyclic amines) is 1. The summed E-state index contributed by atoms with van der Waals surface area (Å²) in [6.07, 6.45) is 2.69. The average Bonchev–Trinajstić information content (AvgIpc) is 2.46. The molecule has 1 aromatic heterocycles. The third-order valence-corrected chi connectivity index (χ3v) is 3.48. The summed E-state index contributed by atoms with van der Waals surface area (Å²) in [6, 6.07) is 2.57. The van der Waals surface area contributed by atoms with Crippen molar-refractivity contribution in [1.82, 2.24) is 9.88 Å². The zero-order valence-corrected chi connectivity index (χ0v) is 10.9. The van der Waals surface area contributed by atoms with Gasteiger partial charge in [0.05, 0.1) is 12.3 Å². The molecule has 104 valence electrons. The lowest BCUT2D eigenvalue weighted by Gasteiger charge is -2.38. The van der Waals surface area contributed by atoms with Crippen molar-refractivity contribution >= 4 is 5.91 Å². The average molecular weight is 267 g/mol. The monoisotopic (exact) mass is 267 g/mol. The van der Waals surface area contributed by atoms with Crippen LogP contribution in [0.3, 0.4) is 0 Å². The summed E-state index contributed by atoms with van der Waals surface area (Å²) < 4.78 is 18.1. The predicted molar refractivity (Wildman–Crippen MR) is 68.1 cm³/mol. The van der Waals surface area contributed by atoms with Gasteiger partial charge < -0.3 is 15.4 Å². The molecule has 5 nitrogen and oxygen atoms in total. The van der Waals surface area contributed by atoms with Crippen LogP contribution in [-0.2, 0) is 4.74 Å².